The number of imide groups is 1. The molecule has 0 spiro atoms. The third kappa shape index (κ3) is 1.84. The highest BCUT2D eigenvalue weighted by Gasteiger charge is 2.42. The maximum Gasteiger partial charge on any atom is 0.260 e. The number of thiocarbonyl (C=S) groups is 1. The number of fused-ring (bicyclic) bond motifs is 1. The third-order valence-electron chi connectivity index (χ3n) is 3.60. The number of hydrogen-bond donors (Lipinski definition) is 1. The van der Waals surface area contributed by atoms with Crippen molar-refractivity contribution in [2.45, 2.75) is 25.8 Å². The number of nitrogens with one attached hydrogen (secondary N) is 1. The number of hydrogen-bond acceptors (Lipinski definition) is 4. The molecule has 1 saturated heterocycles. The van der Waals surface area contributed by atoms with Crippen molar-refractivity contribution >= 4 is 34.9 Å². The Morgan fingerprint density at radius 3 is 2.70 bits per heavy atom. The van der Waals surface area contributed by atoms with E-state index < -0.39 is 11.9 Å². The molecule has 1 fully saturated rings. The highest BCUT2D eigenvalue weighted by Crippen LogP contribution is 2.28. The van der Waals surface area contributed by atoms with Crippen LogP contribution in [0.2, 0.25) is 0 Å². The molecule has 0 aliphatic carbocycles. The minimum Gasteiger partial charge on any atom is -0.295 e. The molecule has 3 amide bonds. The van der Waals surface area contributed by atoms with Gasteiger partial charge in [0.05, 0.1) is 5.56 Å². The van der Waals surface area contributed by atoms with E-state index in [1.807, 2.05) is 19.1 Å². The van der Waals surface area contributed by atoms with Gasteiger partial charge in [-0.25, -0.2) is 0 Å². The Hall–Kier alpha value is -2.08. The summed E-state index contributed by atoms with van der Waals surface area (Å²) in [6.45, 7) is 1.92. The summed E-state index contributed by atoms with van der Waals surface area (Å²) in [6.07, 6.45) is 0.529. The SMILES string of the molecule is Cc1ccc2c(c1)C(=S)N(C1CCC(=O)NC1=O)C2=O. The Bertz CT molecular complexity index is 668. The standard InChI is InChI=1S/C14H12N2O3S/c1-7-2-3-8-9(6-7)14(20)16(13(8)19)10-4-5-11(17)15-12(10)18/h2-3,6,10H,4-5H2,1H3,(H,15,17,18). The molecule has 3 rings (SSSR count). The molecule has 1 N–H and O–H groups in total. The third-order valence-corrected chi connectivity index (χ3v) is 4.01. The van der Waals surface area contributed by atoms with Gasteiger partial charge in [0.1, 0.15) is 11.0 Å². The summed E-state index contributed by atoms with van der Waals surface area (Å²) in [5, 5.41) is 2.25. The first-order valence-electron chi connectivity index (χ1n) is 6.31. The summed E-state index contributed by atoms with van der Waals surface area (Å²) >= 11 is 5.34. The second kappa shape index (κ2) is 4.49. The van der Waals surface area contributed by atoms with Crippen molar-refractivity contribution in [3.05, 3.63) is 34.9 Å². The molecule has 1 unspecified atom stereocenters. The summed E-state index contributed by atoms with van der Waals surface area (Å²) in [5.74, 6) is -1.03. The first-order chi connectivity index (χ1) is 9.49. The Labute approximate surface area is 120 Å². The fourth-order valence-corrected chi connectivity index (χ4v) is 2.96. The predicted octanol–water partition coefficient (Wildman–Crippen LogP) is 0.932. The minimum atomic E-state index is -0.694. The predicted molar refractivity (Wildman–Crippen MR) is 75.2 cm³/mol. The molecule has 5 nitrogen and oxygen atoms in total. The minimum absolute atomic E-state index is 0.220. The lowest BCUT2D eigenvalue weighted by Gasteiger charge is -2.29. The molecule has 2 heterocycles. The quantitative estimate of drug-likeness (QED) is 0.617. The fraction of sp³-hybridized carbons (Fsp3) is 0.286. The number of aryl methyl sites for hydroxylation is 1. The lowest BCUT2D eigenvalue weighted by Crippen LogP contribution is -2.54. The lowest BCUT2D eigenvalue weighted by molar-refractivity contribution is -0.135. The second-order valence-corrected chi connectivity index (χ2v) is 5.38. The van der Waals surface area contributed by atoms with Crippen molar-refractivity contribution in [3.63, 3.8) is 0 Å². The van der Waals surface area contributed by atoms with E-state index in [4.69, 9.17) is 12.2 Å². The molecule has 0 bridgehead atoms. The van der Waals surface area contributed by atoms with E-state index in [9.17, 15) is 14.4 Å². The fourth-order valence-electron chi connectivity index (χ4n) is 2.58. The van der Waals surface area contributed by atoms with Crippen LogP contribution < -0.4 is 5.32 Å². The van der Waals surface area contributed by atoms with Crippen molar-refractivity contribution in [1.82, 2.24) is 10.2 Å². The first-order valence-corrected chi connectivity index (χ1v) is 6.72. The largest absolute Gasteiger partial charge is 0.295 e. The van der Waals surface area contributed by atoms with E-state index in [1.54, 1.807) is 6.07 Å². The Kier molecular flexibility index (Phi) is 2.90. The second-order valence-electron chi connectivity index (χ2n) is 5.00. The van der Waals surface area contributed by atoms with Gasteiger partial charge in [-0.05, 0) is 25.5 Å². The van der Waals surface area contributed by atoms with Crippen LogP contribution in [0.3, 0.4) is 0 Å². The molecule has 102 valence electrons. The average Bonchev–Trinajstić information content (AvgIpc) is 2.63. The van der Waals surface area contributed by atoms with Gasteiger partial charge in [0.15, 0.2) is 0 Å². The van der Waals surface area contributed by atoms with E-state index in [0.29, 0.717) is 22.5 Å². The summed E-state index contributed by atoms with van der Waals surface area (Å²) in [6, 6.07) is 4.72. The number of rotatable bonds is 1. The molecule has 1 aromatic carbocycles. The van der Waals surface area contributed by atoms with Crippen LogP contribution in [-0.4, -0.2) is 33.7 Å². The highest BCUT2D eigenvalue weighted by atomic mass is 32.1. The van der Waals surface area contributed by atoms with Crippen LogP contribution in [0, 0.1) is 6.92 Å². The molecule has 0 aromatic heterocycles. The number of benzene rings is 1. The number of piperidine rings is 1. The van der Waals surface area contributed by atoms with Crippen molar-refractivity contribution in [2.75, 3.05) is 0 Å². The number of nitrogens with zero attached hydrogens (tertiary/aromatic N) is 1. The summed E-state index contributed by atoms with van der Waals surface area (Å²) in [4.78, 5) is 37.2. The number of amides is 3. The van der Waals surface area contributed by atoms with Crippen LogP contribution in [0.25, 0.3) is 0 Å². The Morgan fingerprint density at radius 1 is 1.25 bits per heavy atom. The van der Waals surface area contributed by atoms with Gasteiger partial charge in [-0.2, -0.15) is 0 Å². The van der Waals surface area contributed by atoms with Crippen LogP contribution in [0.4, 0.5) is 0 Å². The van der Waals surface area contributed by atoms with Gasteiger partial charge >= 0.3 is 0 Å². The zero-order chi connectivity index (χ0) is 14.4. The van der Waals surface area contributed by atoms with Gasteiger partial charge in [0.25, 0.3) is 5.91 Å². The van der Waals surface area contributed by atoms with E-state index in [0.717, 1.165) is 5.56 Å². The smallest absolute Gasteiger partial charge is 0.260 e. The van der Waals surface area contributed by atoms with Crippen molar-refractivity contribution < 1.29 is 14.4 Å². The molecule has 0 radical (unpaired) electrons. The molecule has 6 heteroatoms. The van der Waals surface area contributed by atoms with Crippen LogP contribution in [0.5, 0.6) is 0 Å². The maximum absolute atomic E-state index is 12.4. The van der Waals surface area contributed by atoms with E-state index in [2.05, 4.69) is 5.32 Å². The molecule has 0 saturated carbocycles. The van der Waals surface area contributed by atoms with Gasteiger partial charge in [0, 0.05) is 12.0 Å². The molecule has 2 aliphatic rings. The average molecular weight is 288 g/mol. The summed E-state index contributed by atoms with van der Waals surface area (Å²) in [7, 11) is 0. The lowest BCUT2D eigenvalue weighted by atomic mass is 10.0. The normalized spacial score (nSPS) is 22.1. The zero-order valence-corrected chi connectivity index (χ0v) is 11.6. The molecule has 20 heavy (non-hydrogen) atoms. The van der Waals surface area contributed by atoms with Gasteiger partial charge in [0.2, 0.25) is 11.8 Å². The van der Waals surface area contributed by atoms with Gasteiger partial charge in [-0.1, -0.05) is 23.8 Å². The van der Waals surface area contributed by atoms with Crippen molar-refractivity contribution in [3.8, 4) is 0 Å². The molecular formula is C14H12N2O3S. The first kappa shape index (κ1) is 12.9. The highest BCUT2D eigenvalue weighted by molar-refractivity contribution is 7.80. The van der Waals surface area contributed by atoms with E-state index in [1.165, 1.54) is 4.90 Å². The van der Waals surface area contributed by atoms with Gasteiger partial charge < -0.3 is 0 Å². The Morgan fingerprint density at radius 2 is 2.00 bits per heavy atom. The van der Waals surface area contributed by atoms with E-state index in [-0.39, 0.29) is 18.2 Å². The topological polar surface area (TPSA) is 66.5 Å². The van der Waals surface area contributed by atoms with Gasteiger partial charge in [-0.15, -0.1) is 0 Å². The van der Waals surface area contributed by atoms with E-state index >= 15 is 0 Å². The van der Waals surface area contributed by atoms with Crippen LogP contribution in [-0.2, 0) is 9.59 Å². The maximum atomic E-state index is 12.4. The summed E-state index contributed by atoms with van der Waals surface area (Å²) < 4.78 is 0. The number of carbonyl (C=O) groups excluding carboxylic acids is 3. The van der Waals surface area contributed by atoms with Crippen molar-refractivity contribution in [1.29, 1.82) is 0 Å². The molecular weight excluding hydrogens is 276 g/mol. The van der Waals surface area contributed by atoms with Crippen LogP contribution >= 0.6 is 12.2 Å². The Balaban J connectivity index is 1.97. The monoisotopic (exact) mass is 288 g/mol. The van der Waals surface area contributed by atoms with Crippen LogP contribution in [0.1, 0.15) is 34.3 Å². The van der Waals surface area contributed by atoms with Crippen molar-refractivity contribution in [2.24, 2.45) is 0 Å². The molecule has 1 atom stereocenters. The van der Waals surface area contributed by atoms with Gasteiger partial charge in [-0.3, -0.25) is 24.6 Å². The molecule has 2 aliphatic heterocycles. The van der Waals surface area contributed by atoms with Crippen LogP contribution in [0.15, 0.2) is 18.2 Å². The number of carbonyl (C=O) groups is 3. The molecule has 1 aromatic rings. The summed E-state index contributed by atoms with van der Waals surface area (Å²) in [5.41, 5.74) is 2.21. The zero-order valence-electron chi connectivity index (χ0n) is 10.8.